The minimum Gasteiger partial charge on any atom is -0.497 e. The highest BCUT2D eigenvalue weighted by Gasteiger charge is 2.03. The van der Waals surface area contributed by atoms with Crippen LogP contribution < -0.4 is 10.2 Å². The van der Waals surface area contributed by atoms with Crippen LogP contribution >= 0.6 is 11.3 Å². The summed E-state index contributed by atoms with van der Waals surface area (Å²) in [5.74, 6) is 0.588. The molecule has 0 fully saturated rings. The average molecular weight is 260 g/mol. The molecule has 18 heavy (non-hydrogen) atoms. The quantitative estimate of drug-likeness (QED) is 0.678. The van der Waals surface area contributed by atoms with Gasteiger partial charge in [-0.3, -0.25) is 4.79 Å². The Morgan fingerprint density at radius 1 is 1.33 bits per heavy atom. The van der Waals surface area contributed by atoms with Gasteiger partial charge in [-0.25, -0.2) is 5.43 Å². The zero-order valence-electron chi connectivity index (χ0n) is 9.79. The molecule has 1 heterocycles. The predicted octanol–water partition coefficient (Wildman–Crippen LogP) is 2.52. The topological polar surface area (TPSA) is 50.7 Å². The molecule has 1 N–H and O–H groups in total. The van der Waals surface area contributed by atoms with Crippen LogP contribution in [0.1, 0.15) is 15.2 Å². The lowest BCUT2D eigenvalue weighted by Gasteiger charge is -1.99. The average Bonchev–Trinajstić information content (AvgIpc) is 2.93. The first-order valence-corrected chi connectivity index (χ1v) is 6.18. The van der Waals surface area contributed by atoms with Gasteiger partial charge in [0, 0.05) is 0 Å². The number of nitrogens with one attached hydrogen (secondary N) is 1. The zero-order valence-corrected chi connectivity index (χ0v) is 10.6. The fraction of sp³-hybridized carbons (Fsp3) is 0.0769. The number of nitrogens with zero attached hydrogens (tertiary/aromatic N) is 1. The van der Waals surface area contributed by atoms with Gasteiger partial charge in [-0.2, -0.15) is 5.10 Å². The molecule has 0 aliphatic rings. The van der Waals surface area contributed by atoms with Crippen molar-refractivity contribution in [1.29, 1.82) is 0 Å². The lowest BCUT2D eigenvalue weighted by molar-refractivity contribution is 0.0959. The number of benzene rings is 1. The molecule has 0 radical (unpaired) electrons. The normalized spacial score (nSPS) is 10.5. The molecular formula is C13H12N2O2S. The Hall–Kier alpha value is -2.14. The van der Waals surface area contributed by atoms with Crippen LogP contribution in [0.25, 0.3) is 0 Å². The van der Waals surface area contributed by atoms with E-state index >= 15 is 0 Å². The molecule has 5 heteroatoms. The summed E-state index contributed by atoms with van der Waals surface area (Å²) >= 11 is 1.38. The maximum atomic E-state index is 11.6. The summed E-state index contributed by atoms with van der Waals surface area (Å²) in [4.78, 5) is 12.2. The van der Waals surface area contributed by atoms with E-state index in [-0.39, 0.29) is 5.91 Å². The Kier molecular flexibility index (Phi) is 4.09. The van der Waals surface area contributed by atoms with Crippen LogP contribution in [0.15, 0.2) is 46.9 Å². The van der Waals surface area contributed by atoms with Crippen LogP contribution in [-0.4, -0.2) is 19.2 Å². The van der Waals surface area contributed by atoms with Crippen molar-refractivity contribution in [1.82, 2.24) is 5.43 Å². The summed E-state index contributed by atoms with van der Waals surface area (Å²) in [7, 11) is 1.62. The summed E-state index contributed by atoms with van der Waals surface area (Å²) in [6.45, 7) is 0. The summed E-state index contributed by atoms with van der Waals surface area (Å²) in [6, 6.07) is 11.0. The molecule has 1 amide bonds. The van der Waals surface area contributed by atoms with Crippen LogP contribution in [-0.2, 0) is 0 Å². The molecule has 0 aliphatic heterocycles. The number of hydrogen-bond acceptors (Lipinski definition) is 4. The van der Waals surface area contributed by atoms with Crippen molar-refractivity contribution in [2.24, 2.45) is 5.10 Å². The Morgan fingerprint density at radius 2 is 2.11 bits per heavy atom. The number of thiophene rings is 1. The van der Waals surface area contributed by atoms with Gasteiger partial charge in [0.05, 0.1) is 18.2 Å². The highest BCUT2D eigenvalue weighted by atomic mass is 32.1. The molecule has 92 valence electrons. The number of hydrogen-bond donors (Lipinski definition) is 1. The Labute approximate surface area is 109 Å². The van der Waals surface area contributed by atoms with E-state index in [4.69, 9.17) is 4.74 Å². The van der Waals surface area contributed by atoms with Crippen molar-refractivity contribution in [3.63, 3.8) is 0 Å². The summed E-state index contributed by atoms with van der Waals surface area (Å²) in [5, 5.41) is 5.74. The van der Waals surface area contributed by atoms with Gasteiger partial charge in [-0.1, -0.05) is 6.07 Å². The van der Waals surface area contributed by atoms with Gasteiger partial charge < -0.3 is 4.74 Å². The van der Waals surface area contributed by atoms with E-state index in [1.807, 2.05) is 35.7 Å². The number of hydrazone groups is 1. The Morgan fingerprint density at radius 3 is 2.72 bits per heavy atom. The highest BCUT2D eigenvalue weighted by molar-refractivity contribution is 7.12. The van der Waals surface area contributed by atoms with Crippen molar-refractivity contribution in [2.45, 2.75) is 0 Å². The van der Waals surface area contributed by atoms with Gasteiger partial charge in [0.2, 0.25) is 0 Å². The SMILES string of the molecule is COc1ccc(/C=N/NC(=O)c2cccs2)cc1. The van der Waals surface area contributed by atoms with Crippen LogP contribution in [0, 0.1) is 0 Å². The monoisotopic (exact) mass is 260 g/mol. The molecular weight excluding hydrogens is 248 g/mol. The van der Waals surface area contributed by atoms with E-state index in [9.17, 15) is 4.79 Å². The second-order valence-electron chi connectivity index (χ2n) is 3.45. The van der Waals surface area contributed by atoms with Gasteiger partial charge in [0.15, 0.2) is 0 Å². The van der Waals surface area contributed by atoms with Crippen LogP contribution in [0.4, 0.5) is 0 Å². The molecule has 1 aromatic heterocycles. The van der Waals surface area contributed by atoms with Crippen molar-refractivity contribution < 1.29 is 9.53 Å². The molecule has 0 unspecified atom stereocenters. The molecule has 4 nitrogen and oxygen atoms in total. The van der Waals surface area contributed by atoms with Gasteiger partial charge in [0.1, 0.15) is 5.75 Å². The molecule has 0 bridgehead atoms. The third-order valence-electron chi connectivity index (χ3n) is 2.24. The van der Waals surface area contributed by atoms with Gasteiger partial charge >= 0.3 is 0 Å². The van der Waals surface area contributed by atoms with Gasteiger partial charge in [-0.05, 0) is 41.3 Å². The second kappa shape index (κ2) is 5.97. The summed E-state index contributed by atoms with van der Waals surface area (Å²) in [6.07, 6.45) is 1.59. The van der Waals surface area contributed by atoms with Crippen molar-refractivity contribution >= 4 is 23.5 Å². The molecule has 0 saturated carbocycles. The lowest BCUT2D eigenvalue weighted by Crippen LogP contribution is -2.16. The van der Waals surface area contributed by atoms with E-state index < -0.39 is 0 Å². The molecule has 2 aromatic rings. The van der Waals surface area contributed by atoms with E-state index in [1.54, 1.807) is 19.4 Å². The Balaban J connectivity index is 1.93. The van der Waals surface area contributed by atoms with E-state index in [0.717, 1.165) is 11.3 Å². The van der Waals surface area contributed by atoms with E-state index in [2.05, 4.69) is 10.5 Å². The number of carbonyl (C=O) groups excluding carboxylic acids is 1. The first-order chi connectivity index (χ1) is 8.79. The smallest absolute Gasteiger partial charge is 0.281 e. The van der Waals surface area contributed by atoms with Crippen molar-refractivity contribution in [3.05, 3.63) is 52.2 Å². The van der Waals surface area contributed by atoms with E-state index in [0.29, 0.717) is 4.88 Å². The van der Waals surface area contributed by atoms with Crippen molar-refractivity contribution in [3.8, 4) is 5.75 Å². The third kappa shape index (κ3) is 3.18. The van der Waals surface area contributed by atoms with Crippen LogP contribution in [0.2, 0.25) is 0 Å². The third-order valence-corrected chi connectivity index (χ3v) is 3.11. The molecule has 0 aliphatic carbocycles. The number of amides is 1. The first kappa shape index (κ1) is 12.3. The maximum Gasteiger partial charge on any atom is 0.281 e. The lowest BCUT2D eigenvalue weighted by atomic mass is 10.2. The highest BCUT2D eigenvalue weighted by Crippen LogP contribution is 2.10. The van der Waals surface area contributed by atoms with Crippen LogP contribution in [0.3, 0.4) is 0 Å². The maximum absolute atomic E-state index is 11.6. The Bertz CT molecular complexity index is 533. The van der Waals surface area contributed by atoms with Crippen molar-refractivity contribution in [2.75, 3.05) is 7.11 Å². The number of ether oxygens (including phenoxy) is 1. The minimum absolute atomic E-state index is 0.199. The first-order valence-electron chi connectivity index (χ1n) is 5.30. The number of methoxy groups -OCH3 is 1. The number of rotatable bonds is 4. The zero-order chi connectivity index (χ0) is 12.8. The van der Waals surface area contributed by atoms with Gasteiger partial charge in [-0.15, -0.1) is 11.3 Å². The van der Waals surface area contributed by atoms with Gasteiger partial charge in [0.25, 0.3) is 5.91 Å². The fourth-order valence-electron chi connectivity index (χ4n) is 1.32. The van der Waals surface area contributed by atoms with Crippen LogP contribution in [0.5, 0.6) is 5.75 Å². The molecule has 2 rings (SSSR count). The predicted molar refractivity (Wildman–Crippen MR) is 72.4 cm³/mol. The molecule has 1 aromatic carbocycles. The number of carbonyl (C=O) groups is 1. The minimum atomic E-state index is -0.199. The standard InChI is InChI=1S/C13H12N2O2S/c1-17-11-6-4-10(5-7-11)9-14-15-13(16)12-3-2-8-18-12/h2-9H,1H3,(H,15,16)/b14-9+. The summed E-state index contributed by atoms with van der Waals surface area (Å²) < 4.78 is 5.05. The molecule has 0 spiro atoms. The summed E-state index contributed by atoms with van der Waals surface area (Å²) in [5.41, 5.74) is 3.36. The molecule has 0 atom stereocenters. The fourth-order valence-corrected chi connectivity index (χ4v) is 1.93. The molecule has 0 saturated heterocycles. The second-order valence-corrected chi connectivity index (χ2v) is 4.40. The van der Waals surface area contributed by atoms with E-state index in [1.165, 1.54) is 11.3 Å². The largest absolute Gasteiger partial charge is 0.497 e.